The summed E-state index contributed by atoms with van der Waals surface area (Å²) in [6.07, 6.45) is 2.57. The Hall–Kier alpha value is -1.66. The number of anilines is 1. The second kappa shape index (κ2) is 7.95. The van der Waals surface area contributed by atoms with E-state index in [9.17, 15) is 4.79 Å². The first-order chi connectivity index (χ1) is 10.2. The molecule has 0 saturated carbocycles. The first-order valence-electron chi connectivity index (χ1n) is 7.43. The van der Waals surface area contributed by atoms with Gasteiger partial charge in [-0.2, -0.15) is 0 Å². The summed E-state index contributed by atoms with van der Waals surface area (Å²) < 4.78 is 5.31. The summed E-state index contributed by atoms with van der Waals surface area (Å²) in [6.45, 7) is 7.17. The number of aromatic nitrogens is 1. The summed E-state index contributed by atoms with van der Waals surface area (Å²) in [7, 11) is 1.81. The lowest BCUT2D eigenvalue weighted by Crippen LogP contribution is -2.38. The molecule has 0 bridgehead atoms. The van der Waals surface area contributed by atoms with Crippen molar-refractivity contribution in [3.05, 3.63) is 23.5 Å². The average molecular weight is 292 g/mol. The molecule has 116 valence electrons. The number of pyridine rings is 1. The molecular weight excluding hydrogens is 268 g/mol. The molecule has 1 aromatic heterocycles. The zero-order chi connectivity index (χ0) is 15.1. The number of ether oxygens (including phenoxy) is 1. The minimum absolute atomic E-state index is 0.0752. The van der Waals surface area contributed by atoms with E-state index in [1.165, 1.54) is 0 Å². The highest BCUT2D eigenvalue weighted by atomic mass is 16.5. The molecule has 1 amide bonds. The predicted molar refractivity (Wildman–Crippen MR) is 82.7 cm³/mol. The molecule has 1 aromatic rings. The Balaban J connectivity index is 1.76. The van der Waals surface area contributed by atoms with Crippen molar-refractivity contribution in [3.8, 4) is 0 Å². The Morgan fingerprint density at radius 1 is 1.43 bits per heavy atom. The third-order valence-corrected chi connectivity index (χ3v) is 3.60. The molecule has 6 heteroatoms. The standard InChI is InChI=1S/C15H24N4O2/c1-12-10-14(16-2)13(11-18-12)15(20)17-4-3-5-19-6-8-21-9-7-19/h10-11H,3-9H2,1-2H3,(H,16,18)(H,17,20). The van der Waals surface area contributed by atoms with Crippen molar-refractivity contribution >= 4 is 11.6 Å². The zero-order valence-electron chi connectivity index (χ0n) is 12.8. The highest BCUT2D eigenvalue weighted by molar-refractivity contribution is 5.99. The largest absolute Gasteiger partial charge is 0.387 e. The Bertz CT molecular complexity index is 473. The fourth-order valence-electron chi connectivity index (χ4n) is 2.37. The fraction of sp³-hybridized carbons (Fsp3) is 0.600. The van der Waals surface area contributed by atoms with Crippen molar-refractivity contribution in [2.75, 3.05) is 51.8 Å². The van der Waals surface area contributed by atoms with Crippen LogP contribution in [0.3, 0.4) is 0 Å². The fourth-order valence-corrected chi connectivity index (χ4v) is 2.37. The molecule has 2 N–H and O–H groups in total. The van der Waals surface area contributed by atoms with Crippen molar-refractivity contribution in [2.24, 2.45) is 0 Å². The average Bonchev–Trinajstić information content (AvgIpc) is 2.52. The quantitative estimate of drug-likeness (QED) is 0.762. The van der Waals surface area contributed by atoms with Crippen LogP contribution in [-0.2, 0) is 4.74 Å². The van der Waals surface area contributed by atoms with Gasteiger partial charge in [0.25, 0.3) is 5.91 Å². The number of amides is 1. The predicted octanol–water partition coefficient (Wildman–Crippen LogP) is 0.884. The maximum absolute atomic E-state index is 12.2. The number of nitrogens with one attached hydrogen (secondary N) is 2. The molecule has 2 heterocycles. The Morgan fingerprint density at radius 2 is 2.19 bits per heavy atom. The molecule has 2 rings (SSSR count). The molecule has 0 aliphatic carbocycles. The summed E-state index contributed by atoms with van der Waals surface area (Å²) in [6, 6.07) is 1.88. The van der Waals surface area contributed by atoms with Gasteiger partial charge in [-0.15, -0.1) is 0 Å². The van der Waals surface area contributed by atoms with Crippen molar-refractivity contribution in [2.45, 2.75) is 13.3 Å². The topological polar surface area (TPSA) is 66.5 Å². The van der Waals surface area contributed by atoms with Gasteiger partial charge < -0.3 is 15.4 Å². The third-order valence-electron chi connectivity index (χ3n) is 3.60. The van der Waals surface area contributed by atoms with Gasteiger partial charge in [0.2, 0.25) is 0 Å². The van der Waals surface area contributed by atoms with Crippen LogP contribution < -0.4 is 10.6 Å². The second-order valence-corrected chi connectivity index (χ2v) is 5.18. The number of hydrogen-bond acceptors (Lipinski definition) is 5. The first-order valence-corrected chi connectivity index (χ1v) is 7.43. The normalized spacial score (nSPS) is 15.7. The lowest BCUT2D eigenvalue weighted by atomic mass is 10.2. The van der Waals surface area contributed by atoms with E-state index in [4.69, 9.17) is 4.74 Å². The van der Waals surface area contributed by atoms with Crippen molar-refractivity contribution in [1.82, 2.24) is 15.2 Å². The van der Waals surface area contributed by atoms with Gasteiger partial charge in [-0.3, -0.25) is 14.7 Å². The van der Waals surface area contributed by atoms with Gasteiger partial charge in [-0.1, -0.05) is 0 Å². The Kier molecular flexibility index (Phi) is 5.95. The molecule has 1 saturated heterocycles. The van der Waals surface area contributed by atoms with E-state index in [1.54, 1.807) is 6.20 Å². The van der Waals surface area contributed by atoms with Crippen LogP contribution in [0.5, 0.6) is 0 Å². The van der Waals surface area contributed by atoms with Gasteiger partial charge in [0.1, 0.15) is 0 Å². The number of nitrogens with zero attached hydrogens (tertiary/aromatic N) is 2. The molecule has 1 aliphatic rings. The first kappa shape index (κ1) is 15.7. The summed E-state index contributed by atoms with van der Waals surface area (Å²) in [4.78, 5) is 18.7. The molecule has 1 fully saturated rings. The number of aryl methyl sites for hydroxylation is 1. The molecular formula is C15H24N4O2. The zero-order valence-corrected chi connectivity index (χ0v) is 12.8. The molecule has 6 nitrogen and oxygen atoms in total. The van der Waals surface area contributed by atoms with Crippen LogP contribution in [0.15, 0.2) is 12.3 Å². The Morgan fingerprint density at radius 3 is 2.90 bits per heavy atom. The van der Waals surface area contributed by atoms with E-state index in [0.29, 0.717) is 12.1 Å². The molecule has 1 aliphatic heterocycles. The number of rotatable bonds is 6. The minimum Gasteiger partial charge on any atom is -0.387 e. The second-order valence-electron chi connectivity index (χ2n) is 5.18. The van der Waals surface area contributed by atoms with E-state index in [0.717, 1.165) is 50.7 Å². The lowest BCUT2D eigenvalue weighted by molar-refractivity contribution is 0.0374. The number of hydrogen-bond donors (Lipinski definition) is 2. The van der Waals surface area contributed by atoms with E-state index in [2.05, 4.69) is 20.5 Å². The summed E-state index contributed by atoms with van der Waals surface area (Å²) in [5.74, 6) is -0.0752. The molecule has 21 heavy (non-hydrogen) atoms. The van der Waals surface area contributed by atoms with Crippen LogP contribution in [-0.4, -0.2) is 62.2 Å². The van der Waals surface area contributed by atoms with Gasteiger partial charge >= 0.3 is 0 Å². The molecule has 0 spiro atoms. The monoisotopic (exact) mass is 292 g/mol. The summed E-state index contributed by atoms with van der Waals surface area (Å²) >= 11 is 0. The van der Waals surface area contributed by atoms with Crippen LogP contribution in [0.4, 0.5) is 5.69 Å². The SMILES string of the molecule is CNc1cc(C)ncc1C(=O)NCCCN1CCOCC1. The van der Waals surface area contributed by atoms with Crippen LogP contribution in [0.25, 0.3) is 0 Å². The summed E-state index contributed by atoms with van der Waals surface area (Å²) in [5, 5.41) is 5.99. The molecule has 0 unspecified atom stereocenters. The van der Waals surface area contributed by atoms with Gasteiger partial charge in [0, 0.05) is 38.6 Å². The molecule has 0 aromatic carbocycles. The van der Waals surface area contributed by atoms with Gasteiger partial charge in [-0.05, 0) is 26.0 Å². The molecule has 0 atom stereocenters. The highest BCUT2D eigenvalue weighted by Crippen LogP contribution is 2.14. The van der Waals surface area contributed by atoms with Crippen molar-refractivity contribution < 1.29 is 9.53 Å². The smallest absolute Gasteiger partial charge is 0.254 e. The minimum atomic E-state index is -0.0752. The number of carbonyl (C=O) groups is 1. The highest BCUT2D eigenvalue weighted by Gasteiger charge is 2.12. The lowest BCUT2D eigenvalue weighted by Gasteiger charge is -2.26. The van der Waals surface area contributed by atoms with Crippen molar-refractivity contribution in [3.63, 3.8) is 0 Å². The van der Waals surface area contributed by atoms with Gasteiger partial charge in [-0.25, -0.2) is 0 Å². The van der Waals surface area contributed by atoms with Crippen LogP contribution in [0.2, 0.25) is 0 Å². The van der Waals surface area contributed by atoms with Gasteiger partial charge in [0.05, 0.1) is 24.5 Å². The van der Waals surface area contributed by atoms with E-state index in [-0.39, 0.29) is 5.91 Å². The van der Waals surface area contributed by atoms with Crippen LogP contribution in [0, 0.1) is 6.92 Å². The van der Waals surface area contributed by atoms with Gasteiger partial charge in [0.15, 0.2) is 0 Å². The van der Waals surface area contributed by atoms with E-state index >= 15 is 0 Å². The molecule has 0 radical (unpaired) electrons. The van der Waals surface area contributed by atoms with Crippen LogP contribution in [0.1, 0.15) is 22.5 Å². The number of carbonyl (C=O) groups excluding carboxylic acids is 1. The van der Waals surface area contributed by atoms with E-state index < -0.39 is 0 Å². The Labute approximate surface area is 125 Å². The number of morpholine rings is 1. The van der Waals surface area contributed by atoms with E-state index in [1.807, 2.05) is 20.0 Å². The van der Waals surface area contributed by atoms with Crippen molar-refractivity contribution in [1.29, 1.82) is 0 Å². The van der Waals surface area contributed by atoms with Crippen LogP contribution >= 0.6 is 0 Å². The third kappa shape index (κ3) is 4.68. The summed E-state index contributed by atoms with van der Waals surface area (Å²) in [5.41, 5.74) is 2.30. The maximum Gasteiger partial charge on any atom is 0.254 e. The maximum atomic E-state index is 12.2.